The monoisotopic (exact) mass is 277 g/mol. The molecule has 108 valence electrons. The Morgan fingerprint density at radius 3 is 2.65 bits per heavy atom. The van der Waals surface area contributed by atoms with E-state index in [2.05, 4.69) is 10.6 Å². The van der Waals surface area contributed by atoms with Crippen LogP contribution in [0, 0.1) is 0 Å². The number of nitrogens with zero attached hydrogens (tertiary/aromatic N) is 1. The molecule has 20 heavy (non-hydrogen) atoms. The fraction of sp³-hybridized carbons (Fsp3) is 0.429. The van der Waals surface area contributed by atoms with Crippen LogP contribution in [0.15, 0.2) is 24.3 Å². The first-order valence-corrected chi connectivity index (χ1v) is 6.66. The Morgan fingerprint density at radius 2 is 1.95 bits per heavy atom. The Hall–Kier alpha value is -2.24. The summed E-state index contributed by atoms with van der Waals surface area (Å²) in [6.07, 6.45) is 2.08. The van der Waals surface area contributed by atoms with Gasteiger partial charge >= 0.3 is 6.03 Å². The molecule has 6 heteroatoms. The summed E-state index contributed by atoms with van der Waals surface area (Å²) >= 11 is 0. The van der Waals surface area contributed by atoms with Crippen LogP contribution in [0.4, 0.5) is 10.5 Å². The largest absolute Gasteiger partial charge is 0.495 e. The molecule has 0 saturated carbocycles. The van der Waals surface area contributed by atoms with Gasteiger partial charge in [-0.2, -0.15) is 0 Å². The first-order chi connectivity index (χ1) is 9.70. The van der Waals surface area contributed by atoms with Gasteiger partial charge in [0.25, 0.3) is 0 Å². The summed E-state index contributed by atoms with van der Waals surface area (Å²) in [6, 6.07) is 6.69. The number of para-hydroxylation sites is 2. The molecule has 0 aliphatic carbocycles. The predicted molar refractivity (Wildman–Crippen MR) is 75.8 cm³/mol. The fourth-order valence-electron chi connectivity index (χ4n) is 2.15. The van der Waals surface area contributed by atoms with E-state index in [-0.39, 0.29) is 12.5 Å². The lowest BCUT2D eigenvalue weighted by molar-refractivity contribution is -0.128. The van der Waals surface area contributed by atoms with Crippen LogP contribution in [-0.2, 0) is 4.79 Å². The minimum absolute atomic E-state index is 0.0149. The molecule has 1 fully saturated rings. The minimum atomic E-state index is -0.415. The summed E-state index contributed by atoms with van der Waals surface area (Å²) in [7, 11) is 1.54. The van der Waals surface area contributed by atoms with E-state index >= 15 is 0 Å². The van der Waals surface area contributed by atoms with Crippen LogP contribution in [0.1, 0.15) is 12.8 Å². The Bertz CT molecular complexity index is 484. The normalized spacial score (nSPS) is 13.9. The van der Waals surface area contributed by atoms with E-state index in [1.165, 1.54) is 7.11 Å². The number of hydrogen-bond acceptors (Lipinski definition) is 3. The Balaban J connectivity index is 1.81. The maximum atomic E-state index is 11.8. The third kappa shape index (κ3) is 3.63. The lowest BCUT2D eigenvalue weighted by Gasteiger charge is -2.16. The second-order valence-corrected chi connectivity index (χ2v) is 4.60. The number of likely N-dealkylation sites (tertiary alicyclic amines) is 1. The zero-order valence-electron chi connectivity index (χ0n) is 11.5. The lowest BCUT2D eigenvalue weighted by atomic mass is 10.3. The molecular formula is C14H19N3O3. The fourth-order valence-corrected chi connectivity index (χ4v) is 2.15. The second-order valence-electron chi connectivity index (χ2n) is 4.60. The number of urea groups is 1. The van der Waals surface area contributed by atoms with E-state index in [0.717, 1.165) is 25.9 Å². The molecule has 0 atom stereocenters. The van der Waals surface area contributed by atoms with Gasteiger partial charge in [-0.25, -0.2) is 4.79 Å². The van der Waals surface area contributed by atoms with Gasteiger partial charge in [0.1, 0.15) is 5.75 Å². The number of hydrogen-bond donors (Lipinski definition) is 2. The molecule has 0 radical (unpaired) electrons. The van der Waals surface area contributed by atoms with Gasteiger partial charge < -0.3 is 20.3 Å². The van der Waals surface area contributed by atoms with Crippen molar-refractivity contribution in [3.63, 3.8) is 0 Å². The minimum Gasteiger partial charge on any atom is -0.495 e. The van der Waals surface area contributed by atoms with Gasteiger partial charge in [0.15, 0.2) is 0 Å². The van der Waals surface area contributed by atoms with E-state index in [1.54, 1.807) is 23.1 Å². The molecular weight excluding hydrogens is 258 g/mol. The summed E-state index contributed by atoms with van der Waals surface area (Å²) in [4.78, 5) is 25.3. The van der Waals surface area contributed by atoms with Crippen LogP contribution in [-0.4, -0.2) is 43.6 Å². The molecule has 3 amide bonds. The van der Waals surface area contributed by atoms with Crippen LogP contribution in [0.2, 0.25) is 0 Å². The van der Waals surface area contributed by atoms with Crippen LogP contribution < -0.4 is 15.4 Å². The van der Waals surface area contributed by atoms with Gasteiger partial charge in [0.2, 0.25) is 5.91 Å². The van der Waals surface area contributed by atoms with Gasteiger partial charge in [0, 0.05) is 13.1 Å². The highest BCUT2D eigenvalue weighted by Gasteiger charge is 2.18. The van der Waals surface area contributed by atoms with Crippen LogP contribution >= 0.6 is 0 Å². The maximum Gasteiger partial charge on any atom is 0.319 e. The van der Waals surface area contributed by atoms with Crippen molar-refractivity contribution in [3.8, 4) is 5.75 Å². The number of amides is 3. The highest BCUT2D eigenvalue weighted by Crippen LogP contribution is 2.22. The molecule has 1 heterocycles. The van der Waals surface area contributed by atoms with Crippen molar-refractivity contribution in [2.75, 3.05) is 32.1 Å². The number of carbonyl (C=O) groups is 2. The molecule has 0 aromatic heterocycles. The highest BCUT2D eigenvalue weighted by molar-refractivity contribution is 5.93. The van der Waals surface area contributed by atoms with Crippen molar-refractivity contribution in [1.29, 1.82) is 0 Å². The summed E-state index contributed by atoms with van der Waals surface area (Å²) < 4.78 is 5.14. The molecule has 0 unspecified atom stereocenters. The Kier molecular flexibility index (Phi) is 4.81. The van der Waals surface area contributed by atoms with Crippen LogP contribution in [0.25, 0.3) is 0 Å². The molecule has 1 aliphatic heterocycles. The van der Waals surface area contributed by atoms with Crippen LogP contribution in [0.3, 0.4) is 0 Å². The summed E-state index contributed by atoms with van der Waals surface area (Å²) in [5.41, 5.74) is 0.570. The van der Waals surface area contributed by atoms with Gasteiger partial charge in [-0.05, 0) is 25.0 Å². The number of rotatable bonds is 4. The van der Waals surface area contributed by atoms with Gasteiger partial charge in [-0.3, -0.25) is 4.79 Å². The first kappa shape index (κ1) is 14.2. The number of methoxy groups -OCH3 is 1. The standard InChI is InChI=1S/C14H19N3O3/c1-20-12-7-3-2-6-11(12)16-14(19)15-10-13(18)17-8-4-5-9-17/h2-3,6-7H,4-5,8-10H2,1H3,(H2,15,16,19). The molecule has 2 N–H and O–H groups in total. The number of nitrogens with one attached hydrogen (secondary N) is 2. The molecule has 0 spiro atoms. The van der Waals surface area contributed by atoms with E-state index in [0.29, 0.717) is 11.4 Å². The second kappa shape index (κ2) is 6.79. The number of anilines is 1. The quantitative estimate of drug-likeness (QED) is 0.875. The van der Waals surface area contributed by atoms with E-state index in [1.807, 2.05) is 6.07 Å². The van der Waals surface area contributed by atoms with Gasteiger partial charge in [0.05, 0.1) is 19.3 Å². The lowest BCUT2D eigenvalue weighted by Crippen LogP contribution is -2.40. The van der Waals surface area contributed by atoms with E-state index in [4.69, 9.17) is 4.74 Å². The van der Waals surface area contributed by atoms with Crippen molar-refractivity contribution in [1.82, 2.24) is 10.2 Å². The number of benzene rings is 1. The zero-order valence-corrected chi connectivity index (χ0v) is 11.5. The Morgan fingerprint density at radius 1 is 1.25 bits per heavy atom. The molecule has 1 aliphatic rings. The van der Waals surface area contributed by atoms with Crippen molar-refractivity contribution in [2.45, 2.75) is 12.8 Å². The van der Waals surface area contributed by atoms with Gasteiger partial charge in [-0.1, -0.05) is 12.1 Å². The summed E-state index contributed by atoms with van der Waals surface area (Å²) in [5, 5.41) is 5.22. The molecule has 1 saturated heterocycles. The average Bonchev–Trinajstić information content (AvgIpc) is 2.99. The number of ether oxygens (including phenoxy) is 1. The van der Waals surface area contributed by atoms with Crippen LogP contribution in [0.5, 0.6) is 5.75 Å². The predicted octanol–water partition coefficient (Wildman–Crippen LogP) is 1.44. The number of carbonyl (C=O) groups excluding carboxylic acids is 2. The third-order valence-electron chi connectivity index (χ3n) is 3.21. The van der Waals surface area contributed by atoms with E-state index < -0.39 is 6.03 Å². The molecule has 1 aromatic carbocycles. The van der Waals surface area contributed by atoms with Crippen molar-refractivity contribution < 1.29 is 14.3 Å². The average molecular weight is 277 g/mol. The summed E-state index contributed by atoms with van der Waals surface area (Å²) in [6.45, 7) is 1.59. The van der Waals surface area contributed by atoms with Crippen molar-refractivity contribution in [3.05, 3.63) is 24.3 Å². The topological polar surface area (TPSA) is 70.7 Å². The smallest absolute Gasteiger partial charge is 0.319 e. The zero-order chi connectivity index (χ0) is 14.4. The molecule has 2 rings (SSSR count). The first-order valence-electron chi connectivity index (χ1n) is 6.66. The highest BCUT2D eigenvalue weighted by atomic mass is 16.5. The Labute approximate surface area is 118 Å². The SMILES string of the molecule is COc1ccccc1NC(=O)NCC(=O)N1CCCC1. The maximum absolute atomic E-state index is 11.8. The van der Waals surface area contributed by atoms with E-state index in [9.17, 15) is 9.59 Å². The van der Waals surface area contributed by atoms with Crippen molar-refractivity contribution >= 4 is 17.6 Å². The molecule has 0 bridgehead atoms. The molecule has 1 aromatic rings. The van der Waals surface area contributed by atoms with Gasteiger partial charge in [-0.15, -0.1) is 0 Å². The van der Waals surface area contributed by atoms with Crippen molar-refractivity contribution in [2.24, 2.45) is 0 Å². The molecule has 6 nitrogen and oxygen atoms in total. The summed E-state index contributed by atoms with van der Waals surface area (Å²) in [5.74, 6) is 0.534. The third-order valence-corrected chi connectivity index (χ3v) is 3.21.